The van der Waals surface area contributed by atoms with Crippen molar-refractivity contribution in [1.82, 2.24) is 0 Å². The zero-order valence-corrected chi connectivity index (χ0v) is 6.02. The normalized spacial score (nSPS) is 14.1. The summed E-state index contributed by atoms with van der Waals surface area (Å²) in [5.41, 5.74) is 0. The molecule has 0 fully saturated rings. The molecular formula is C5H11BClO. The Morgan fingerprint density at radius 3 is 2.25 bits per heavy atom. The molecule has 0 saturated heterocycles. The van der Waals surface area contributed by atoms with E-state index in [1.807, 2.05) is 21.1 Å². The third kappa shape index (κ3) is 4.47. The van der Waals surface area contributed by atoms with E-state index in [4.69, 9.17) is 16.7 Å². The maximum absolute atomic E-state index is 8.42. The Bertz CT molecular complexity index is 58.4. The molecule has 0 aliphatic rings. The molecule has 0 heterocycles. The topological polar surface area (TPSA) is 20.2 Å². The Kier molecular flexibility index (Phi) is 4.39. The first-order valence-electron chi connectivity index (χ1n) is 2.76. The van der Waals surface area contributed by atoms with E-state index < -0.39 is 0 Å². The van der Waals surface area contributed by atoms with Crippen LogP contribution in [0.15, 0.2) is 0 Å². The smallest absolute Gasteiger partial charge is 0.140 e. The monoisotopic (exact) mass is 133 g/mol. The Balaban J connectivity index is 3.10. The third-order valence-corrected chi connectivity index (χ3v) is 1.05. The summed E-state index contributed by atoms with van der Waals surface area (Å²) in [5, 5.41) is 8.25. The highest BCUT2D eigenvalue weighted by Crippen LogP contribution is 2.03. The molecule has 0 rings (SSSR count). The third-order valence-electron chi connectivity index (χ3n) is 0.768. The number of rotatable bonds is 3. The van der Waals surface area contributed by atoms with Gasteiger partial charge in [-0.05, 0) is 0 Å². The largest absolute Gasteiger partial charge is 0.396 e. The van der Waals surface area contributed by atoms with Crippen LogP contribution < -0.4 is 0 Å². The highest BCUT2D eigenvalue weighted by atomic mass is 35.5. The van der Waals surface area contributed by atoms with E-state index in [2.05, 4.69) is 0 Å². The molecule has 1 radical (unpaired) electrons. The molecule has 3 heteroatoms. The molecule has 0 bridgehead atoms. The van der Waals surface area contributed by atoms with E-state index in [0.29, 0.717) is 5.82 Å². The molecule has 8 heavy (non-hydrogen) atoms. The van der Waals surface area contributed by atoms with Crippen molar-refractivity contribution in [3.63, 3.8) is 0 Å². The summed E-state index contributed by atoms with van der Waals surface area (Å²) in [6.45, 7) is 4.11. The predicted octanol–water partition coefficient (Wildman–Crippen LogP) is 1.08. The van der Waals surface area contributed by atoms with Crippen LogP contribution in [-0.2, 0) is 0 Å². The molecule has 0 aliphatic heterocycles. The number of alkyl halides is 1. The fraction of sp³-hybridized carbons (Fsp3) is 1.00. The van der Waals surface area contributed by atoms with Gasteiger partial charge in [-0.3, -0.25) is 0 Å². The Morgan fingerprint density at radius 1 is 1.62 bits per heavy atom. The van der Waals surface area contributed by atoms with Crippen molar-refractivity contribution < 1.29 is 5.11 Å². The van der Waals surface area contributed by atoms with Crippen LogP contribution in [0.5, 0.6) is 0 Å². The molecule has 0 spiro atoms. The minimum Gasteiger partial charge on any atom is -0.396 e. The van der Waals surface area contributed by atoms with Crippen LogP contribution in [0, 0.1) is 0 Å². The summed E-state index contributed by atoms with van der Waals surface area (Å²) in [7, 11) is 1.90. The summed E-state index contributed by atoms with van der Waals surface area (Å²) in [5.74, 6) is 0.463. The van der Waals surface area contributed by atoms with Gasteiger partial charge in [-0.2, -0.15) is 0 Å². The zero-order valence-electron chi connectivity index (χ0n) is 5.26. The molecule has 0 aromatic rings. The first kappa shape index (κ1) is 8.31. The second-order valence-electron chi connectivity index (χ2n) is 2.14. The van der Waals surface area contributed by atoms with Gasteiger partial charge in [0.2, 0.25) is 0 Å². The average Bonchev–Trinajstić information content (AvgIpc) is 1.65. The SMILES string of the molecule is CC(C)[B]C(Cl)CO. The van der Waals surface area contributed by atoms with Crippen molar-refractivity contribution >= 4 is 18.9 Å². The Hall–Kier alpha value is 0.315. The van der Waals surface area contributed by atoms with Crippen LogP contribution in [0.1, 0.15) is 13.8 Å². The number of aliphatic hydroxyl groups excluding tert-OH is 1. The first-order valence-corrected chi connectivity index (χ1v) is 3.20. The van der Waals surface area contributed by atoms with Gasteiger partial charge in [0, 0.05) is 5.28 Å². The number of hydrogen-bond donors (Lipinski definition) is 1. The van der Waals surface area contributed by atoms with Crippen molar-refractivity contribution in [3.05, 3.63) is 0 Å². The summed E-state index contributed by atoms with van der Waals surface area (Å²) in [4.78, 5) is 0. The summed E-state index contributed by atoms with van der Waals surface area (Å²) in [6, 6.07) is 0. The van der Waals surface area contributed by atoms with E-state index in [9.17, 15) is 0 Å². The van der Waals surface area contributed by atoms with Gasteiger partial charge in [0.25, 0.3) is 0 Å². The van der Waals surface area contributed by atoms with Crippen molar-refractivity contribution in [2.45, 2.75) is 24.9 Å². The number of hydrogen-bond acceptors (Lipinski definition) is 1. The van der Waals surface area contributed by atoms with Gasteiger partial charge in [-0.25, -0.2) is 0 Å². The molecule has 1 unspecified atom stereocenters. The Morgan fingerprint density at radius 2 is 2.12 bits per heavy atom. The zero-order chi connectivity index (χ0) is 6.57. The van der Waals surface area contributed by atoms with Crippen LogP contribution in [0.2, 0.25) is 5.82 Å². The molecule has 1 atom stereocenters. The minimum absolute atomic E-state index is 0.0414. The molecule has 0 aliphatic carbocycles. The van der Waals surface area contributed by atoms with Gasteiger partial charge >= 0.3 is 0 Å². The fourth-order valence-corrected chi connectivity index (χ4v) is 0.769. The van der Waals surface area contributed by atoms with Crippen molar-refractivity contribution in [2.24, 2.45) is 0 Å². The Labute approximate surface area is 56.3 Å². The molecule has 0 aromatic heterocycles. The predicted molar refractivity (Wildman–Crippen MR) is 37.6 cm³/mol. The molecule has 1 N–H and O–H groups in total. The van der Waals surface area contributed by atoms with E-state index in [-0.39, 0.29) is 11.9 Å². The lowest BCUT2D eigenvalue weighted by Crippen LogP contribution is -2.16. The maximum Gasteiger partial charge on any atom is 0.140 e. The number of halogens is 1. The lowest BCUT2D eigenvalue weighted by atomic mass is 9.63. The molecule has 0 aromatic carbocycles. The van der Waals surface area contributed by atoms with E-state index in [1.165, 1.54) is 0 Å². The van der Waals surface area contributed by atoms with E-state index in [0.717, 1.165) is 0 Å². The summed E-state index contributed by atoms with van der Waals surface area (Å²) >= 11 is 5.55. The van der Waals surface area contributed by atoms with E-state index in [1.54, 1.807) is 0 Å². The van der Waals surface area contributed by atoms with Crippen LogP contribution >= 0.6 is 11.6 Å². The lowest BCUT2D eigenvalue weighted by Gasteiger charge is -2.04. The molecule has 1 nitrogen and oxygen atoms in total. The summed E-state index contributed by atoms with van der Waals surface area (Å²) in [6.07, 6.45) is 0. The van der Waals surface area contributed by atoms with Crippen molar-refractivity contribution in [1.29, 1.82) is 0 Å². The molecule has 0 amide bonds. The van der Waals surface area contributed by atoms with Crippen LogP contribution in [0.25, 0.3) is 0 Å². The highest BCUT2D eigenvalue weighted by molar-refractivity contribution is 6.54. The maximum atomic E-state index is 8.42. The van der Waals surface area contributed by atoms with Crippen LogP contribution in [0.3, 0.4) is 0 Å². The second kappa shape index (κ2) is 4.22. The first-order chi connectivity index (χ1) is 3.66. The second-order valence-corrected chi connectivity index (χ2v) is 2.70. The quantitative estimate of drug-likeness (QED) is 0.451. The summed E-state index contributed by atoms with van der Waals surface area (Å²) < 4.78 is 0. The lowest BCUT2D eigenvalue weighted by molar-refractivity contribution is 0.311. The number of aliphatic hydroxyl groups is 1. The van der Waals surface area contributed by atoms with Crippen molar-refractivity contribution in [2.75, 3.05) is 6.61 Å². The minimum atomic E-state index is -0.171. The molecule has 47 valence electrons. The van der Waals surface area contributed by atoms with Crippen LogP contribution in [-0.4, -0.2) is 24.3 Å². The van der Waals surface area contributed by atoms with Gasteiger partial charge < -0.3 is 5.11 Å². The molecular weight excluding hydrogens is 122 g/mol. The van der Waals surface area contributed by atoms with Gasteiger partial charge in [-0.1, -0.05) is 19.7 Å². The standard InChI is InChI=1S/C5H11BClO/c1-4(2)6-5(7)3-8/h4-5,8H,3H2,1-2H3. The van der Waals surface area contributed by atoms with Gasteiger partial charge in [0.05, 0.1) is 6.61 Å². The van der Waals surface area contributed by atoms with E-state index >= 15 is 0 Å². The van der Waals surface area contributed by atoms with Gasteiger partial charge in [0.1, 0.15) is 7.28 Å². The fourth-order valence-electron chi connectivity index (χ4n) is 0.479. The highest BCUT2D eigenvalue weighted by Gasteiger charge is 2.06. The van der Waals surface area contributed by atoms with Crippen molar-refractivity contribution in [3.8, 4) is 0 Å². The molecule has 0 saturated carbocycles. The van der Waals surface area contributed by atoms with Gasteiger partial charge in [-0.15, -0.1) is 11.6 Å². The van der Waals surface area contributed by atoms with Crippen LogP contribution in [0.4, 0.5) is 0 Å². The van der Waals surface area contributed by atoms with Gasteiger partial charge in [0.15, 0.2) is 0 Å². The average molecular weight is 133 g/mol.